The summed E-state index contributed by atoms with van der Waals surface area (Å²) < 4.78 is 5.52. The van der Waals surface area contributed by atoms with E-state index in [4.69, 9.17) is 4.74 Å². The first-order valence-electron chi connectivity index (χ1n) is 8.90. The second-order valence-corrected chi connectivity index (χ2v) is 6.57. The highest BCUT2D eigenvalue weighted by Crippen LogP contribution is 2.14. The number of hydrogen-bond donors (Lipinski definition) is 3. The van der Waals surface area contributed by atoms with Crippen LogP contribution in [0.5, 0.6) is 0 Å². The second kappa shape index (κ2) is 8.31. The normalized spacial score (nSPS) is 24.6. The largest absolute Gasteiger partial charge is 0.375 e. The topological polar surface area (TPSA) is 82.7 Å². The van der Waals surface area contributed by atoms with Gasteiger partial charge in [-0.25, -0.2) is 4.79 Å². The van der Waals surface area contributed by atoms with Gasteiger partial charge >= 0.3 is 6.03 Å². The van der Waals surface area contributed by atoms with Crippen LogP contribution >= 0.6 is 0 Å². The maximum atomic E-state index is 12.4. The number of piperidine rings is 1. The van der Waals surface area contributed by atoms with Gasteiger partial charge in [0.15, 0.2) is 0 Å². The Hall–Kier alpha value is -2.12. The van der Waals surface area contributed by atoms with Crippen molar-refractivity contribution in [3.05, 3.63) is 30.3 Å². The van der Waals surface area contributed by atoms with Crippen LogP contribution in [0.4, 0.5) is 10.5 Å². The minimum Gasteiger partial charge on any atom is -0.375 e. The van der Waals surface area contributed by atoms with Crippen LogP contribution in [-0.4, -0.2) is 61.3 Å². The number of para-hydroxylation sites is 1. The highest BCUT2D eigenvalue weighted by Gasteiger charge is 2.31. The van der Waals surface area contributed by atoms with Crippen LogP contribution in [0.2, 0.25) is 0 Å². The molecule has 0 spiro atoms. The molecule has 3 N–H and O–H groups in total. The molecule has 7 nitrogen and oxygen atoms in total. The molecule has 25 heavy (non-hydrogen) atoms. The summed E-state index contributed by atoms with van der Waals surface area (Å²) in [5.74, 6) is -0.0145. The van der Waals surface area contributed by atoms with Crippen LogP contribution in [0, 0.1) is 0 Å². The third-order valence-corrected chi connectivity index (χ3v) is 4.75. The van der Waals surface area contributed by atoms with Gasteiger partial charge in [-0.2, -0.15) is 0 Å². The first-order chi connectivity index (χ1) is 12.1. The van der Waals surface area contributed by atoms with Crippen molar-refractivity contribution in [2.24, 2.45) is 0 Å². The van der Waals surface area contributed by atoms with Crippen molar-refractivity contribution in [2.45, 2.75) is 38.0 Å². The van der Waals surface area contributed by atoms with Gasteiger partial charge in [-0.15, -0.1) is 0 Å². The lowest BCUT2D eigenvalue weighted by molar-refractivity contribution is -0.129. The van der Waals surface area contributed by atoms with Gasteiger partial charge in [0.1, 0.15) is 6.04 Å². The lowest BCUT2D eigenvalue weighted by atomic mass is 10.0. The Bertz CT molecular complexity index is 587. The van der Waals surface area contributed by atoms with Crippen molar-refractivity contribution in [2.75, 3.05) is 31.6 Å². The predicted octanol–water partition coefficient (Wildman–Crippen LogP) is 1.18. The molecular formula is C18H26N4O3. The first-order valence-corrected chi connectivity index (χ1v) is 8.90. The summed E-state index contributed by atoms with van der Waals surface area (Å²) in [5, 5.41) is 9.19. The SMILES string of the molecule is C[C@H]1OCCN[C@@H]1C(=O)NC1CCN(C(=O)Nc2ccccc2)CC1. The van der Waals surface area contributed by atoms with Crippen molar-refractivity contribution in [1.82, 2.24) is 15.5 Å². The third-order valence-electron chi connectivity index (χ3n) is 4.75. The van der Waals surface area contributed by atoms with Gasteiger partial charge in [-0.05, 0) is 31.9 Å². The predicted molar refractivity (Wildman–Crippen MR) is 95.4 cm³/mol. The van der Waals surface area contributed by atoms with Crippen LogP contribution in [0.1, 0.15) is 19.8 Å². The average molecular weight is 346 g/mol. The fraction of sp³-hybridized carbons (Fsp3) is 0.556. The molecule has 7 heteroatoms. The fourth-order valence-electron chi connectivity index (χ4n) is 3.27. The zero-order valence-electron chi connectivity index (χ0n) is 14.5. The number of benzene rings is 1. The number of rotatable bonds is 3. The number of carbonyl (C=O) groups excluding carboxylic acids is 2. The van der Waals surface area contributed by atoms with E-state index in [1.54, 1.807) is 4.90 Å². The minimum atomic E-state index is -0.298. The molecular weight excluding hydrogens is 320 g/mol. The van der Waals surface area contributed by atoms with Crippen LogP contribution < -0.4 is 16.0 Å². The standard InChI is InChI=1S/C18H26N4O3/c1-13-16(19-9-12-25-13)17(23)20-15-7-10-22(11-8-15)18(24)21-14-5-3-2-4-6-14/h2-6,13,15-16,19H,7-12H2,1H3,(H,20,23)(H,21,24)/t13-,16+/m1/s1. The maximum absolute atomic E-state index is 12.4. The number of likely N-dealkylation sites (tertiary alicyclic amines) is 1. The molecule has 3 rings (SSSR count). The molecule has 2 aliphatic rings. The monoisotopic (exact) mass is 346 g/mol. The molecule has 1 aromatic rings. The van der Waals surface area contributed by atoms with Crippen molar-refractivity contribution in [3.8, 4) is 0 Å². The number of urea groups is 1. The van der Waals surface area contributed by atoms with Gasteiger partial charge in [0.05, 0.1) is 12.7 Å². The van der Waals surface area contributed by atoms with E-state index in [-0.39, 0.29) is 30.1 Å². The van der Waals surface area contributed by atoms with Gasteiger partial charge < -0.3 is 25.6 Å². The van der Waals surface area contributed by atoms with Gasteiger partial charge in [-0.1, -0.05) is 18.2 Å². The van der Waals surface area contributed by atoms with E-state index in [1.807, 2.05) is 37.3 Å². The smallest absolute Gasteiger partial charge is 0.321 e. The van der Waals surface area contributed by atoms with E-state index in [1.165, 1.54) is 0 Å². The lowest BCUT2D eigenvalue weighted by Crippen LogP contribution is -2.58. The van der Waals surface area contributed by atoms with Crippen LogP contribution in [0.25, 0.3) is 0 Å². The molecule has 1 aromatic carbocycles. The highest BCUT2D eigenvalue weighted by atomic mass is 16.5. The molecule has 2 saturated heterocycles. The molecule has 0 bridgehead atoms. The number of hydrogen-bond acceptors (Lipinski definition) is 4. The molecule has 0 radical (unpaired) electrons. The molecule has 2 aliphatic heterocycles. The van der Waals surface area contributed by atoms with Gasteiger partial charge in [0.25, 0.3) is 0 Å². The van der Waals surface area contributed by atoms with E-state index in [2.05, 4.69) is 16.0 Å². The Morgan fingerprint density at radius 3 is 2.60 bits per heavy atom. The summed E-state index contributed by atoms with van der Waals surface area (Å²) in [6.45, 7) is 4.51. The third kappa shape index (κ3) is 4.70. The number of amides is 3. The van der Waals surface area contributed by atoms with E-state index in [9.17, 15) is 9.59 Å². The molecule has 2 fully saturated rings. The molecule has 0 saturated carbocycles. The first kappa shape index (κ1) is 17.7. The number of anilines is 1. The Labute approximate surface area is 148 Å². The maximum Gasteiger partial charge on any atom is 0.321 e. The molecule has 0 aromatic heterocycles. The number of nitrogens with one attached hydrogen (secondary N) is 3. The van der Waals surface area contributed by atoms with Gasteiger partial charge in [0.2, 0.25) is 5.91 Å². The van der Waals surface area contributed by atoms with E-state index in [0.717, 1.165) is 18.5 Å². The van der Waals surface area contributed by atoms with Gasteiger partial charge in [-0.3, -0.25) is 4.79 Å². The Balaban J connectivity index is 1.43. The zero-order chi connectivity index (χ0) is 17.6. The molecule has 2 atom stereocenters. The average Bonchev–Trinajstić information content (AvgIpc) is 2.63. The van der Waals surface area contributed by atoms with Crippen LogP contribution in [-0.2, 0) is 9.53 Å². The van der Waals surface area contributed by atoms with Crippen molar-refractivity contribution < 1.29 is 14.3 Å². The second-order valence-electron chi connectivity index (χ2n) is 6.57. The van der Waals surface area contributed by atoms with Gasteiger partial charge in [0, 0.05) is 31.4 Å². The minimum absolute atomic E-state index is 0.0145. The summed E-state index contributed by atoms with van der Waals surface area (Å²) in [6, 6.07) is 9.14. The molecule has 136 valence electrons. The summed E-state index contributed by atoms with van der Waals surface area (Å²) in [5.41, 5.74) is 0.792. The Kier molecular flexibility index (Phi) is 5.88. The quantitative estimate of drug-likeness (QED) is 0.767. The lowest BCUT2D eigenvalue weighted by Gasteiger charge is -2.35. The summed E-state index contributed by atoms with van der Waals surface area (Å²) in [7, 11) is 0. The Morgan fingerprint density at radius 2 is 1.92 bits per heavy atom. The summed E-state index contributed by atoms with van der Waals surface area (Å²) in [6.07, 6.45) is 1.40. The van der Waals surface area contributed by atoms with Crippen LogP contribution in [0.3, 0.4) is 0 Å². The van der Waals surface area contributed by atoms with E-state index < -0.39 is 0 Å². The van der Waals surface area contributed by atoms with E-state index >= 15 is 0 Å². The van der Waals surface area contributed by atoms with Crippen molar-refractivity contribution in [3.63, 3.8) is 0 Å². The number of morpholine rings is 1. The zero-order valence-corrected chi connectivity index (χ0v) is 14.5. The number of carbonyl (C=O) groups is 2. The fourth-order valence-corrected chi connectivity index (χ4v) is 3.27. The molecule has 0 aliphatic carbocycles. The summed E-state index contributed by atoms with van der Waals surface area (Å²) >= 11 is 0. The van der Waals surface area contributed by atoms with Crippen molar-refractivity contribution in [1.29, 1.82) is 0 Å². The van der Waals surface area contributed by atoms with Crippen molar-refractivity contribution >= 4 is 17.6 Å². The molecule has 2 heterocycles. The molecule has 0 unspecified atom stereocenters. The molecule has 3 amide bonds. The highest BCUT2D eigenvalue weighted by molar-refractivity contribution is 5.89. The number of nitrogens with zero attached hydrogens (tertiary/aromatic N) is 1. The van der Waals surface area contributed by atoms with E-state index in [0.29, 0.717) is 26.2 Å². The Morgan fingerprint density at radius 1 is 1.20 bits per heavy atom. The summed E-state index contributed by atoms with van der Waals surface area (Å²) in [4.78, 5) is 26.5. The van der Waals surface area contributed by atoms with Crippen LogP contribution in [0.15, 0.2) is 30.3 Å². The number of ether oxygens (including phenoxy) is 1.